The van der Waals surface area contributed by atoms with Crippen molar-refractivity contribution in [2.45, 2.75) is 26.1 Å². The predicted molar refractivity (Wildman–Crippen MR) is 78.4 cm³/mol. The van der Waals surface area contributed by atoms with Crippen molar-refractivity contribution < 1.29 is 32.0 Å². The normalized spacial score (nSPS) is 14.3. The molecule has 0 aromatic carbocycles. The molecule has 3 heterocycles. The number of halogens is 3. The van der Waals surface area contributed by atoms with E-state index in [2.05, 4.69) is 19.4 Å². The summed E-state index contributed by atoms with van der Waals surface area (Å²) in [6.45, 7) is 2.20. The number of fused-ring (bicyclic) bond motifs is 1. The highest BCUT2D eigenvalue weighted by Gasteiger charge is 2.39. The number of nitrogens with zero attached hydrogens (tertiary/aromatic N) is 3. The van der Waals surface area contributed by atoms with E-state index in [1.165, 1.54) is 16.2 Å². The van der Waals surface area contributed by atoms with Crippen molar-refractivity contribution in [3.05, 3.63) is 22.4 Å². The van der Waals surface area contributed by atoms with Crippen molar-refractivity contribution in [3.8, 4) is 10.7 Å². The van der Waals surface area contributed by atoms with Crippen LogP contribution in [0.4, 0.5) is 13.2 Å². The molecule has 0 radical (unpaired) electrons. The molecular formula is C14H12F3N3O4S. The minimum Gasteiger partial charge on any atom is -0.459 e. The molecule has 25 heavy (non-hydrogen) atoms. The maximum atomic E-state index is 12.5. The van der Waals surface area contributed by atoms with Crippen LogP contribution in [-0.2, 0) is 33.5 Å². The standard InChI is InChI=1S/C14H12F3N3O4S/c1-2-23-12(22)11(21)20-4-3-8-7(6-20)5-9(25-8)10-18-13(24-19-10)14(15,16)17/h5H,2-4,6H2,1H3. The Morgan fingerprint density at radius 3 is 2.84 bits per heavy atom. The highest BCUT2D eigenvalue weighted by molar-refractivity contribution is 7.15. The van der Waals surface area contributed by atoms with Crippen molar-refractivity contribution >= 4 is 23.2 Å². The smallest absolute Gasteiger partial charge is 0.459 e. The van der Waals surface area contributed by atoms with Gasteiger partial charge in [0.25, 0.3) is 0 Å². The van der Waals surface area contributed by atoms with Crippen LogP contribution in [0.2, 0.25) is 0 Å². The average Bonchev–Trinajstić information content (AvgIpc) is 3.19. The van der Waals surface area contributed by atoms with Crippen molar-refractivity contribution in [2.75, 3.05) is 13.2 Å². The lowest BCUT2D eigenvalue weighted by atomic mass is 10.1. The van der Waals surface area contributed by atoms with E-state index >= 15 is 0 Å². The van der Waals surface area contributed by atoms with E-state index in [-0.39, 0.29) is 19.0 Å². The lowest BCUT2D eigenvalue weighted by molar-refractivity contribution is -0.160. The van der Waals surface area contributed by atoms with Gasteiger partial charge in [0.15, 0.2) is 0 Å². The molecule has 7 nitrogen and oxygen atoms in total. The van der Waals surface area contributed by atoms with E-state index in [0.29, 0.717) is 17.8 Å². The van der Waals surface area contributed by atoms with Crippen LogP contribution >= 0.6 is 11.3 Å². The number of carbonyl (C=O) groups is 2. The average molecular weight is 375 g/mol. The number of rotatable bonds is 2. The highest BCUT2D eigenvalue weighted by Crippen LogP contribution is 2.35. The number of alkyl halides is 3. The Labute approximate surface area is 143 Å². The Morgan fingerprint density at radius 1 is 1.44 bits per heavy atom. The zero-order chi connectivity index (χ0) is 18.2. The summed E-state index contributed by atoms with van der Waals surface area (Å²) in [4.78, 5) is 29.5. The van der Waals surface area contributed by atoms with E-state index in [4.69, 9.17) is 0 Å². The van der Waals surface area contributed by atoms with Gasteiger partial charge in [-0.2, -0.15) is 18.2 Å². The third-order valence-corrected chi connectivity index (χ3v) is 4.73. The minimum absolute atomic E-state index is 0.103. The monoisotopic (exact) mass is 375 g/mol. The third-order valence-electron chi connectivity index (χ3n) is 3.49. The molecular weight excluding hydrogens is 363 g/mol. The molecule has 11 heteroatoms. The van der Waals surface area contributed by atoms with Gasteiger partial charge in [-0.25, -0.2) is 4.79 Å². The Morgan fingerprint density at radius 2 is 2.20 bits per heavy atom. The summed E-state index contributed by atoms with van der Waals surface area (Å²) in [5, 5.41) is 3.35. The summed E-state index contributed by atoms with van der Waals surface area (Å²) in [5.41, 5.74) is 0.738. The molecule has 0 N–H and O–H groups in total. The fraction of sp³-hybridized carbons (Fsp3) is 0.429. The van der Waals surface area contributed by atoms with Crippen molar-refractivity contribution in [1.29, 1.82) is 0 Å². The topological polar surface area (TPSA) is 85.5 Å². The van der Waals surface area contributed by atoms with Crippen LogP contribution in [0.15, 0.2) is 10.6 Å². The van der Waals surface area contributed by atoms with Gasteiger partial charge in [-0.05, 0) is 25.0 Å². The van der Waals surface area contributed by atoms with Gasteiger partial charge in [-0.1, -0.05) is 5.16 Å². The second-order valence-electron chi connectivity index (χ2n) is 5.18. The maximum absolute atomic E-state index is 12.5. The number of ether oxygens (including phenoxy) is 1. The summed E-state index contributed by atoms with van der Waals surface area (Å²) >= 11 is 1.24. The first-order valence-electron chi connectivity index (χ1n) is 7.28. The zero-order valence-corrected chi connectivity index (χ0v) is 13.7. The van der Waals surface area contributed by atoms with Gasteiger partial charge in [-0.3, -0.25) is 4.79 Å². The van der Waals surface area contributed by atoms with Crippen LogP contribution in [0.1, 0.15) is 23.3 Å². The molecule has 0 unspecified atom stereocenters. The molecule has 0 spiro atoms. The molecule has 0 aliphatic carbocycles. The van der Waals surface area contributed by atoms with Crippen molar-refractivity contribution in [1.82, 2.24) is 15.0 Å². The minimum atomic E-state index is -4.70. The first-order valence-corrected chi connectivity index (χ1v) is 8.10. The Hall–Kier alpha value is -2.43. The molecule has 1 amide bonds. The predicted octanol–water partition coefficient (Wildman–Crippen LogP) is 2.26. The van der Waals surface area contributed by atoms with Gasteiger partial charge in [0.05, 0.1) is 11.5 Å². The lowest BCUT2D eigenvalue weighted by Gasteiger charge is -2.25. The molecule has 1 aliphatic heterocycles. The molecule has 0 saturated carbocycles. The third kappa shape index (κ3) is 3.50. The highest BCUT2D eigenvalue weighted by atomic mass is 32.1. The largest absolute Gasteiger partial charge is 0.471 e. The van der Waals surface area contributed by atoms with Crippen LogP contribution in [0.5, 0.6) is 0 Å². The van der Waals surface area contributed by atoms with E-state index in [9.17, 15) is 22.8 Å². The van der Waals surface area contributed by atoms with Crippen molar-refractivity contribution in [2.24, 2.45) is 0 Å². The summed E-state index contributed by atoms with van der Waals surface area (Å²) in [7, 11) is 0. The molecule has 3 rings (SSSR count). The van der Waals surface area contributed by atoms with Crippen LogP contribution in [0.25, 0.3) is 10.7 Å². The lowest BCUT2D eigenvalue weighted by Crippen LogP contribution is -2.40. The Bertz CT molecular complexity index is 815. The van der Waals surface area contributed by atoms with Crippen LogP contribution in [-0.4, -0.2) is 40.1 Å². The van der Waals surface area contributed by atoms with Gasteiger partial charge in [0.2, 0.25) is 5.82 Å². The number of esters is 1. The van der Waals surface area contributed by atoms with Gasteiger partial charge < -0.3 is 14.2 Å². The van der Waals surface area contributed by atoms with Crippen LogP contribution in [0, 0.1) is 0 Å². The van der Waals surface area contributed by atoms with Crippen LogP contribution < -0.4 is 0 Å². The van der Waals surface area contributed by atoms with E-state index in [1.54, 1.807) is 13.0 Å². The second-order valence-corrected chi connectivity index (χ2v) is 6.31. The molecule has 2 aromatic heterocycles. The van der Waals surface area contributed by atoms with Gasteiger partial charge >= 0.3 is 23.9 Å². The fourth-order valence-corrected chi connectivity index (χ4v) is 3.47. The summed E-state index contributed by atoms with van der Waals surface area (Å²) in [6, 6.07) is 1.61. The summed E-state index contributed by atoms with van der Waals surface area (Å²) in [6.07, 6.45) is -4.22. The van der Waals surface area contributed by atoms with Gasteiger partial charge in [0, 0.05) is 18.0 Å². The molecule has 1 aliphatic rings. The van der Waals surface area contributed by atoms with Crippen LogP contribution in [0.3, 0.4) is 0 Å². The second kappa shape index (κ2) is 6.47. The molecule has 0 fully saturated rings. The number of hydrogen-bond acceptors (Lipinski definition) is 7. The zero-order valence-electron chi connectivity index (χ0n) is 12.9. The Balaban J connectivity index is 1.78. The molecule has 0 saturated heterocycles. The molecule has 134 valence electrons. The molecule has 0 atom stereocenters. The van der Waals surface area contributed by atoms with Crippen molar-refractivity contribution in [3.63, 3.8) is 0 Å². The molecule has 2 aromatic rings. The van der Waals surface area contributed by atoms with E-state index in [0.717, 1.165) is 10.4 Å². The maximum Gasteiger partial charge on any atom is 0.471 e. The quantitative estimate of drug-likeness (QED) is 0.591. The molecule has 0 bridgehead atoms. The first kappa shape index (κ1) is 17.4. The summed E-state index contributed by atoms with van der Waals surface area (Å²) in [5.74, 6) is -3.23. The Kier molecular flexibility index (Phi) is 4.50. The number of amides is 1. The SMILES string of the molecule is CCOC(=O)C(=O)N1CCc2sc(-c3noc(C(F)(F)F)n3)cc2C1. The fourth-order valence-electron chi connectivity index (χ4n) is 2.38. The van der Waals surface area contributed by atoms with E-state index in [1.807, 2.05) is 0 Å². The van der Waals surface area contributed by atoms with Gasteiger partial charge in [-0.15, -0.1) is 11.3 Å². The van der Waals surface area contributed by atoms with Gasteiger partial charge in [0.1, 0.15) is 0 Å². The summed E-state index contributed by atoms with van der Waals surface area (Å²) < 4.78 is 46.5. The number of hydrogen-bond donors (Lipinski definition) is 0. The number of aromatic nitrogens is 2. The number of carbonyl (C=O) groups excluding carboxylic acids is 2. The van der Waals surface area contributed by atoms with E-state index < -0.39 is 23.9 Å². The number of thiophene rings is 1. The first-order chi connectivity index (χ1) is 11.8.